The smallest absolute Gasteiger partial charge is 0.327 e. The summed E-state index contributed by atoms with van der Waals surface area (Å²) in [6, 6.07) is 60.8. The lowest BCUT2D eigenvalue weighted by Gasteiger charge is -2.02. The average Bonchev–Trinajstić information content (AvgIpc) is 3.19. The predicted molar refractivity (Wildman–Crippen MR) is 325 cm³/mol. The van der Waals surface area contributed by atoms with E-state index in [4.69, 9.17) is 30.5 Å². The monoisotopic (exact) mass is 1160 g/mol. The second kappa shape index (κ2) is 27.5. The maximum atomic E-state index is 13.5. The van der Waals surface area contributed by atoms with E-state index in [2.05, 4.69) is 31.2 Å². The Morgan fingerprint density at radius 3 is 1.12 bits per heavy atom. The van der Waals surface area contributed by atoms with Crippen LogP contribution in [0, 0.1) is 12.7 Å². The lowest BCUT2D eigenvalue weighted by Crippen LogP contribution is -2.12. The summed E-state index contributed by atoms with van der Waals surface area (Å²) in [5, 5.41) is 22.4. The summed E-state index contributed by atoms with van der Waals surface area (Å²) >= 11 is 6.09. The standard InChI is InChI=1S/C17H16N2O3.C17H16N2O2.C16H13ClN2O2.C16H13FN2O2/c1-21-13-8-9-15-14(10-13)17(12-6-4-3-5-7-12)18-19(15)11-16(20)22-2;1-12-8-9-14-15(10-12)19(11-16(20)21-2)18-17(14)13-6-4-3-5-7-13;2*1-21-15(20)10-19-14-8-7-12(17)9-13(14)16(18-19)11-5-3-2-4-6-11/h3-10H,11H2,1-2H3;3-10H,11H2,1-2H3;2*2-9H,10H2,1H3. The fourth-order valence-electron chi connectivity index (χ4n) is 9.34. The number of rotatable bonds is 13. The molecule has 85 heavy (non-hydrogen) atoms. The zero-order valence-corrected chi connectivity index (χ0v) is 48.1. The van der Waals surface area contributed by atoms with Gasteiger partial charge in [0.1, 0.15) is 60.5 Å². The van der Waals surface area contributed by atoms with Gasteiger partial charge in [-0.15, -0.1) is 0 Å². The molecule has 0 unspecified atom stereocenters. The van der Waals surface area contributed by atoms with E-state index in [1.165, 1.54) is 45.3 Å². The molecule has 0 amide bonds. The highest BCUT2D eigenvalue weighted by molar-refractivity contribution is 6.31. The fraction of sp³-hybridized carbons (Fsp3) is 0.152. The molecule has 0 saturated heterocycles. The van der Waals surface area contributed by atoms with E-state index in [-0.39, 0.29) is 49.9 Å². The number of carbonyl (C=O) groups is 4. The lowest BCUT2D eigenvalue weighted by molar-refractivity contribution is -0.142. The summed E-state index contributed by atoms with van der Waals surface area (Å²) in [6.45, 7) is 2.28. The molecule has 0 spiro atoms. The van der Waals surface area contributed by atoms with Gasteiger partial charge in [-0.25, -0.2) is 4.39 Å². The van der Waals surface area contributed by atoms with Crippen molar-refractivity contribution in [3.05, 3.63) is 211 Å². The van der Waals surface area contributed by atoms with Crippen molar-refractivity contribution in [2.24, 2.45) is 0 Å². The van der Waals surface area contributed by atoms with Crippen LogP contribution in [0.1, 0.15) is 5.56 Å². The molecule has 0 bridgehead atoms. The van der Waals surface area contributed by atoms with Crippen LogP contribution >= 0.6 is 11.6 Å². The molecule has 0 N–H and O–H groups in total. The van der Waals surface area contributed by atoms with Crippen molar-refractivity contribution < 1.29 is 47.3 Å². The van der Waals surface area contributed by atoms with Gasteiger partial charge in [0.05, 0.1) is 57.6 Å². The number of hydrogen-bond acceptors (Lipinski definition) is 13. The van der Waals surface area contributed by atoms with Gasteiger partial charge in [0.2, 0.25) is 0 Å². The molecular weight excluding hydrogens is 1100 g/mol. The van der Waals surface area contributed by atoms with Crippen LogP contribution in [0.3, 0.4) is 0 Å². The maximum Gasteiger partial charge on any atom is 0.327 e. The molecule has 12 aromatic rings. The van der Waals surface area contributed by atoms with E-state index >= 15 is 0 Å². The minimum Gasteiger partial charge on any atom is -0.497 e. The lowest BCUT2D eigenvalue weighted by atomic mass is 10.1. The molecule has 12 rings (SSSR count). The van der Waals surface area contributed by atoms with Crippen molar-refractivity contribution in [2.45, 2.75) is 33.1 Å². The van der Waals surface area contributed by atoms with Crippen LogP contribution in [-0.4, -0.2) is 98.5 Å². The summed E-state index contributed by atoms with van der Waals surface area (Å²) in [7, 11) is 7.07. The Labute approximate surface area is 493 Å². The molecule has 0 aliphatic rings. The first kappa shape index (κ1) is 59.2. The van der Waals surface area contributed by atoms with Gasteiger partial charge in [-0.2, -0.15) is 20.4 Å². The molecule has 4 heterocycles. The highest BCUT2D eigenvalue weighted by Crippen LogP contribution is 2.34. The fourth-order valence-corrected chi connectivity index (χ4v) is 9.51. The zero-order valence-electron chi connectivity index (χ0n) is 47.3. The Morgan fingerprint density at radius 2 is 0.729 bits per heavy atom. The van der Waals surface area contributed by atoms with E-state index in [1.807, 2.05) is 171 Å². The van der Waals surface area contributed by atoms with Crippen LogP contribution in [0.15, 0.2) is 194 Å². The number of aryl methyl sites for hydroxylation is 1. The Bertz CT molecular complexity index is 4160. The van der Waals surface area contributed by atoms with Crippen molar-refractivity contribution in [2.75, 3.05) is 35.5 Å². The molecule has 8 aromatic carbocycles. The first-order chi connectivity index (χ1) is 41.3. The predicted octanol–water partition coefficient (Wildman–Crippen LogP) is 12.6. The van der Waals surface area contributed by atoms with E-state index in [0.29, 0.717) is 21.6 Å². The third kappa shape index (κ3) is 14.1. The first-order valence-electron chi connectivity index (χ1n) is 26.6. The normalized spacial score (nSPS) is 10.7. The van der Waals surface area contributed by atoms with Crippen molar-refractivity contribution in [3.8, 4) is 50.8 Å². The summed E-state index contributed by atoms with van der Waals surface area (Å²) in [5.41, 5.74) is 11.5. The molecule has 0 fully saturated rings. The van der Waals surface area contributed by atoms with Gasteiger partial charge in [-0.3, -0.25) is 37.9 Å². The molecule has 0 atom stereocenters. The van der Waals surface area contributed by atoms with E-state index in [0.717, 1.165) is 83.4 Å². The van der Waals surface area contributed by atoms with Crippen LogP contribution in [0.2, 0.25) is 5.02 Å². The number of hydrogen-bond donors (Lipinski definition) is 0. The highest BCUT2D eigenvalue weighted by atomic mass is 35.5. The van der Waals surface area contributed by atoms with E-state index < -0.39 is 5.97 Å². The molecule has 17 nitrogen and oxygen atoms in total. The van der Waals surface area contributed by atoms with Crippen LogP contribution in [0.25, 0.3) is 88.6 Å². The minimum absolute atomic E-state index is 0.00847. The number of benzene rings is 8. The van der Waals surface area contributed by atoms with Crippen LogP contribution in [0.4, 0.5) is 4.39 Å². The number of esters is 4. The maximum absolute atomic E-state index is 13.5. The summed E-state index contributed by atoms with van der Waals surface area (Å²) in [5.74, 6) is -0.961. The molecular formula is C66H58ClFN8O9. The third-order valence-electron chi connectivity index (χ3n) is 13.5. The number of halogens is 2. The summed E-state index contributed by atoms with van der Waals surface area (Å²) < 4.78 is 44.2. The summed E-state index contributed by atoms with van der Waals surface area (Å²) in [4.78, 5) is 46.2. The molecule has 430 valence electrons. The van der Waals surface area contributed by atoms with E-state index in [1.54, 1.807) is 33.3 Å². The second-order valence-corrected chi connectivity index (χ2v) is 19.5. The molecule has 4 aromatic heterocycles. The highest BCUT2D eigenvalue weighted by Gasteiger charge is 2.19. The summed E-state index contributed by atoms with van der Waals surface area (Å²) in [6.07, 6.45) is 0. The second-order valence-electron chi connectivity index (χ2n) is 19.0. The number of fused-ring (bicyclic) bond motifs is 4. The average molecular weight is 1160 g/mol. The van der Waals surface area contributed by atoms with Gasteiger partial charge in [0.15, 0.2) is 0 Å². The third-order valence-corrected chi connectivity index (χ3v) is 13.7. The Kier molecular flexibility index (Phi) is 19.2. The minimum atomic E-state index is -0.400. The van der Waals surface area contributed by atoms with E-state index in [9.17, 15) is 23.6 Å². The molecule has 0 aliphatic carbocycles. The SMILES string of the molecule is COC(=O)Cn1nc(-c2ccccc2)c2cc(Cl)ccc21.COC(=O)Cn1nc(-c2ccccc2)c2cc(F)ccc21.COC(=O)Cn1nc(-c2ccccc2)c2cc(OC)ccc21.COC(=O)Cn1nc(-c2ccccc2)c2ccc(C)cc21. The van der Waals surface area contributed by atoms with Gasteiger partial charge in [-0.05, 0) is 73.2 Å². The number of nitrogens with zero attached hydrogens (tertiary/aromatic N) is 8. The molecule has 19 heteroatoms. The molecule has 0 saturated carbocycles. The Hall–Kier alpha value is -10.5. The topological polar surface area (TPSA) is 186 Å². The van der Waals surface area contributed by atoms with Gasteiger partial charge >= 0.3 is 23.9 Å². The van der Waals surface area contributed by atoms with Crippen molar-refractivity contribution in [1.29, 1.82) is 0 Å². The number of ether oxygens (including phenoxy) is 5. The number of aromatic nitrogens is 8. The van der Waals surface area contributed by atoms with Gasteiger partial charge in [0.25, 0.3) is 0 Å². The first-order valence-corrected chi connectivity index (χ1v) is 27.0. The van der Waals surface area contributed by atoms with Crippen LogP contribution < -0.4 is 4.74 Å². The van der Waals surface area contributed by atoms with Crippen molar-refractivity contribution >= 4 is 79.1 Å². The molecule has 0 aliphatic heterocycles. The van der Waals surface area contributed by atoms with Crippen LogP contribution in [0.5, 0.6) is 5.75 Å². The Morgan fingerprint density at radius 1 is 0.388 bits per heavy atom. The van der Waals surface area contributed by atoms with Crippen LogP contribution in [-0.2, 0) is 64.3 Å². The van der Waals surface area contributed by atoms with Crippen molar-refractivity contribution in [3.63, 3.8) is 0 Å². The quantitative estimate of drug-likeness (QED) is 0.0785. The van der Waals surface area contributed by atoms with Gasteiger partial charge in [0, 0.05) is 48.8 Å². The zero-order chi connectivity index (χ0) is 60.0. The molecule has 0 radical (unpaired) electrons. The number of methoxy groups -OCH3 is 5. The Balaban J connectivity index is 0.000000136. The van der Waals surface area contributed by atoms with Crippen molar-refractivity contribution in [1.82, 2.24) is 39.1 Å². The van der Waals surface area contributed by atoms with Gasteiger partial charge < -0.3 is 23.7 Å². The van der Waals surface area contributed by atoms with Gasteiger partial charge in [-0.1, -0.05) is 145 Å². The number of carbonyl (C=O) groups excluding carboxylic acids is 4. The largest absolute Gasteiger partial charge is 0.497 e.